The molecule has 0 bridgehead atoms. The molecular formula is C19H32NO2+. The number of ether oxygens (including phenoxy) is 2. The summed E-state index contributed by atoms with van der Waals surface area (Å²) in [5.41, 5.74) is 1.55. The largest absolute Gasteiger partial charge is 0.493 e. The minimum Gasteiger partial charge on any atom is -0.493 e. The SMILES string of the molecule is C[C@@H]1C[NH+](CCCOc2ccc(C(C)(C)C)cc2)C[C@H](C)O1. The molecule has 1 aliphatic rings. The second kappa shape index (κ2) is 7.47. The van der Waals surface area contributed by atoms with Gasteiger partial charge in [-0.1, -0.05) is 32.9 Å². The maximum atomic E-state index is 5.87. The van der Waals surface area contributed by atoms with Gasteiger partial charge in [-0.2, -0.15) is 0 Å². The summed E-state index contributed by atoms with van der Waals surface area (Å²) in [6.45, 7) is 15.2. The molecule has 1 fully saturated rings. The molecule has 124 valence electrons. The molecule has 0 amide bonds. The molecule has 0 aromatic heterocycles. The number of rotatable bonds is 5. The number of nitrogens with one attached hydrogen (secondary N) is 1. The molecule has 1 unspecified atom stereocenters. The maximum absolute atomic E-state index is 5.87. The summed E-state index contributed by atoms with van der Waals surface area (Å²) in [4.78, 5) is 1.64. The van der Waals surface area contributed by atoms with E-state index in [0.29, 0.717) is 12.2 Å². The minimum absolute atomic E-state index is 0.200. The lowest BCUT2D eigenvalue weighted by molar-refractivity contribution is -0.915. The zero-order valence-electron chi connectivity index (χ0n) is 14.8. The molecule has 1 aromatic carbocycles. The van der Waals surface area contributed by atoms with Gasteiger partial charge in [-0.25, -0.2) is 0 Å². The van der Waals surface area contributed by atoms with E-state index in [4.69, 9.17) is 9.47 Å². The van der Waals surface area contributed by atoms with E-state index in [1.54, 1.807) is 4.90 Å². The van der Waals surface area contributed by atoms with Crippen molar-refractivity contribution in [3.05, 3.63) is 29.8 Å². The van der Waals surface area contributed by atoms with Crippen molar-refractivity contribution in [2.75, 3.05) is 26.2 Å². The van der Waals surface area contributed by atoms with Crippen molar-refractivity contribution in [2.45, 2.75) is 58.7 Å². The van der Waals surface area contributed by atoms with Gasteiger partial charge in [0.15, 0.2) is 0 Å². The lowest BCUT2D eigenvalue weighted by Gasteiger charge is -2.32. The molecular weight excluding hydrogens is 274 g/mol. The molecule has 3 heteroatoms. The summed E-state index contributed by atoms with van der Waals surface area (Å²) in [7, 11) is 0. The van der Waals surface area contributed by atoms with Crippen LogP contribution in [-0.2, 0) is 10.2 Å². The number of benzene rings is 1. The second-order valence-corrected chi connectivity index (χ2v) is 7.64. The predicted molar refractivity (Wildman–Crippen MR) is 90.8 cm³/mol. The summed E-state index contributed by atoms with van der Waals surface area (Å²) in [5, 5.41) is 0. The average molecular weight is 306 g/mol. The van der Waals surface area contributed by atoms with E-state index < -0.39 is 0 Å². The number of hydrogen-bond acceptors (Lipinski definition) is 2. The van der Waals surface area contributed by atoms with Gasteiger partial charge in [0.2, 0.25) is 0 Å². The molecule has 0 spiro atoms. The van der Waals surface area contributed by atoms with Crippen LogP contribution in [0.4, 0.5) is 0 Å². The van der Waals surface area contributed by atoms with Crippen molar-refractivity contribution in [3.63, 3.8) is 0 Å². The standard InChI is InChI=1S/C19H31NO2/c1-15-13-20(14-16(2)22-15)11-6-12-21-18-9-7-17(8-10-18)19(3,4)5/h7-10,15-16H,6,11-14H2,1-5H3/p+1/t15-,16+. The molecule has 1 N–H and O–H groups in total. The highest BCUT2D eigenvalue weighted by Gasteiger charge is 2.24. The zero-order valence-corrected chi connectivity index (χ0v) is 14.8. The van der Waals surface area contributed by atoms with Gasteiger partial charge in [0.25, 0.3) is 0 Å². The van der Waals surface area contributed by atoms with Crippen LogP contribution in [0, 0.1) is 0 Å². The molecule has 0 saturated carbocycles. The van der Waals surface area contributed by atoms with Crippen LogP contribution in [0.3, 0.4) is 0 Å². The van der Waals surface area contributed by atoms with E-state index in [2.05, 4.69) is 58.9 Å². The molecule has 0 aliphatic carbocycles. The smallest absolute Gasteiger partial charge is 0.119 e. The van der Waals surface area contributed by atoms with Crippen LogP contribution >= 0.6 is 0 Å². The van der Waals surface area contributed by atoms with Gasteiger partial charge in [-0.15, -0.1) is 0 Å². The second-order valence-electron chi connectivity index (χ2n) is 7.64. The van der Waals surface area contributed by atoms with Crippen LogP contribution < -0.4 is 9.64 Å². The van der Waals surface area contributed by atoms with E-state index in [-0.39, 0.29) is 5.41 Å². The third-order valence-electron chi connectivity index (χ3n) is 4.28. The summed E-state index contributed by atoms with van der Waals surface area (Å²) >= 11 is 0. The first-order valence-corrected chi connectivity index (χ1v) is 8.57. The number of hydrogen-bond donors (Lipinski definition) is 1. The summed E-state index contributed by atoms with van der Waals surface area (Å²) < 4.78 is 11.7. The Hall–Kier alpha value is -1.06. The van der Waals surface area contributed by atoms with Crippen LogP contribution in [0.25, 0.3) is 0 Å². The Morgan fingerprint density at radius 1 is 1.09 bits per heavy atom. The highest BCUT2D eigenvalue weighted by atomic mass is 16.5. The topological polar surface area (TPSA) is 22.9 Å². The van der Waals surface area contributed by atoms with Crippen molar-refractivity contribution in [3.8, 4) is 5.75 Å². The summed E-state index contributed by atoms with van der Waals surface area (Å²) in [6, 6.07) is 8.52. The van der Waals surface area contributed by atoms with Gasteiger partial charge in [0, 0.05) is 6.42 Å². The van der Waals surface area contributed by atoms with Crippen molar-refractivity contribution in [1.29, 1.82) is 0 Å². The van der Waals surface area contributed by atoms with Gasteiger partial charge < -0.3 is 14.4 Å². The Kier molecular flexibility index (Phi) is 5.87. The van der Waals surface area contributed by atoms with Crippen molar-refractivity contribution in [2.24, 2.45) is 0 Å². The van der Waals surface area contributed by atoms with E-state index in [9.17, 15) is 0 Å². The monoisotopic (exact) mass is 306 g/mol. The Balaban J connectivity index is 1.70. The van der Waals surface area contributed by atoms with E-state index >= 15 is 0 Å². The molecule has 1 heterocycles. The normalized spacial score (nSPS) is 26.0. The highest BCUT2D eigenvalue weighted by Crippen LogP contribution is 2.24. The van der Waals surface area contributed by atoms with Gasteiger partial charge in [-0.05, 0) is 37.0 Å². The highest BCUT2D eigenvalue weighted by molar-refractivity contribution is 5.31. The van der Waals surface area contributed by atoms with Gasteiger partial charge >= 0.3 is 0 Å². The zero-order chi connectivity index (χ0) is 16.2. The third-order valence-corrected chi connectivity index (χ3v) is 4.28. The van der Waals surface area contributed by atoms with Gasteiger partial charge in [-0.3, -0.25) is 0 Å². The molecule has 1 aliphatic heterocycles. The first-order chi connectivity index (χ1) is 10.3. The van der Waals surface area contributed by atoms with E-state index in [1.807, 2.05) is 0 Å². The van der Waals surface area contributed by atoms with Crippen LogP contribution in [-0.4, -0.2) is 38.4 Å². The van der Waals surface area contributed by atoms with Crippen LogP contribution in [0.1, 0.15) is 46.6 Å². The fourth-order valence-corrected chi connectivity index (χ4v) is 3.16. The Morgan fingerprint density at radius 2 is 1.68 bits per heavy atom. The molecule has 0 radical (unpaired) electrons. The predicted octanol–water partition coefficient (Wildman–Crippen LogP) is 2.45. The lowest BCUT2D eigenvalue weighted by atomic mass is 9.87. The Labute approximate surface area is 135 Å². The molecule has 1 saturated heterocycles. The Morgan fingerprint density at radius 3 is 2.23 bits per heavy atom. The number of quaternary nitrogens is 1. The van der Waals surface area contributed by atoms with Crippen molar-refractivity contribution >= 4 is 0 Å². The van der Waals surface area contributed by atoms with E-state index in [0.717, 1.165) is 38.4 Å². The molecule has 3 nitrogen and oxygen atoms in total. The third kappa shape index (κ3) is 5.29. The fourth-order valence-electron chi connectivity index (χ4n) is 3.16. The van der Waals surface area contributed by atoms with Crippen molar-refractivity contribution < 1.29 is 14.4 Å². The molecule has 2 rings (SSSR count). The number of morpholine rings is 1. The van der Waals surface area contributed by atoms with Gasteiger partial charge in [0.1, 0.15) is 31.0 Å². The van der Waals surface area contributed by atoms with Crippen LogP contribution in [0.15, 0.2) is 24.3 Å². The quantitative estimate of drug-likeness (QED) is 0.845. The average Bonchev–Trinajstić information content (AvgIpc) is 2.42. The molecule has 3 atom stereocenters. The van der Waals surface area contributed by atoms with E-state index in [1.165, 1.54) is 5.56 Å². The van der Waals surface area contributed by atoms with Crippen molar-refractivity contribution in [1.82, 2.24) is 0 Å². The first-order valence-electron chi connectivity index (χ1n) is 8.57. The molecule has 1 aromatic rings. The lowest BCUT2D eigenvalue weighted by Crippen LogP contribution is -3.15. The van der Waals surface area contributed by atoms with Crippen LogP contribution in [0.5, 0.6) is 5.75 Å². The van der Waals surface area contributed by atoms with Crippen LogP contribution in [0.2, 0.25) is 0 Å². The minimum atomic E-state index is 0.200. The molecule has 22 heavy (non-hydrogen) atoms. The maximum Gasteiger partial charge on any atom is 0.119 e. The summed E-state index contributed by atoms with van der Waals surface area (Å²) in [6.07, 6.45) is 1.85. The summed E-state index contributed by atoms with van der Waals surface area (Å²) in [5.74, 6) is 0.978. The van der Waals surface area contributed by atoms with Gasteiger partial charge in [0.05, 0.1) is 13.2 Å². The fraction of sp³-hybridized carbons (Fsp3) is 0.684. The first kappa shape index (κ1) is 17.3. The Bertz CT molecular complexity index is 439.